The van der Waals surface area contributed by atoms with Gasteiger partial charge in [-0.3, -0.25) is 0 Å². The molecule has 1 rings (SSSR count). The van der Waals surface area contributed by atoms with Crippen LogP contribution in [0.5, 0.6) is 0 Å². The highest BCUT2D eigenvalue weighted by Gasteiger charge is 2.24. The van der Waals surface area contributed by atoms with Crippen molar-refractivity contribution in [3.05, 3.63) is 23.3 Å². The van der Waals surface area contributed by atoms with E-state index in [9.17, 15) is 9.59 Å². The molecule has 0 saturated carbocycles. The Morgan fingerprint density at radius 1 is 1.27 bits per heavy atom. The molecule has 1 aliphatic rings. The Labute approximate surface area is 87.9 Å². The molecule has 0 aromatic rings. The maximum absolute atomic E-state index is 10.9. The van der Waals surface area contributed by atoms with Gasteiger partial charge >= 0.3 is 11.9 Å². The molecule has 0 amide bonds. The van der Waals surface area contributed by atoms with E-state index in [4.69, 9.17) is 10.2 Å². The first kappa shape index (κ1) is 11.5. The van der Waals surface area contributed by atoms with E-state index in [0.717, 1.165) is 0 Å². The van der Waals surface area contributed by atoms with Crippen LogP contribution in [0.4, 0.5) is 0 Å². The number of hydrogen-bond acceptors (Lipinski definition) is 2. The van der Waals surface area contributed by atoms with Crippen molar-refractivity contribution in [1.82, 2.24) is 0 Å². The normalized spacial score (nSPS) is 26.3. The van der Waals surface area contributed by atoms with Gasteiger partial charge in [-0.1, -0.05) is 26.0 Å². The SMILES string of the molecule is CC1C=CC(C(=O)O)=C(C(=O)O)CC1C. The topological polar surface area (TPSA) is 74.6 Å². The molecule has 0 aliphatic heterocycles. The molecule has 2 unspecified atom stereocenters. The predicted molar refractivity (Wildman–Crippen MR) is 54.4 cm³/mol. The molecular formula is C11H14O4. The first-order chi connectivity index (χ1) is 6.93. The van der Waals surface area contributed by atoms with Gasteiger partial charge in [-0.15, -0.1) is 0 Å². The predicted octanol–water partition coefficient (Wildman–Crippen LogP) is 1.68. The smallest absolute Gasteiger partial charge is 0.336 e. The van der Waals surface area contributed by atoms with Gasteiger partial charge in [-0.25, -0.2) is 9.59 Å². The van der Waals surface area contributed by atoms with E-state index < -0.39 is 11.9 Å². The maximum atomic E-state index is 10.9. The maximum Gasteiger partial charge on any atom is 0.336 e. The summed E-state index contributed by atoms with van der Waals surface area (Å²) in [7, 11) is 0. The van der Waals surface area contributed by atoms with Crippen molar-refractivity contribution in [3.63, 3.8) is 0 Å². The lowest BCUT2D eigenvalue weighted by Crippen LogP contribution is -2.12. The van der Waals surface area contributed by atoms with E-state index in [1.54, 1.807) is 6.08 Å². The summed E-state index contributed by atoms with van der Waals surface area (Å²) in [6.45, 7) is 3.87. The molecular weight excluding hydrogens is 196 g/mol. The Morgan fingerprint density at radius 2 is 1.87 bits per heavy atom. The molecule has 1 aliphatic carbocycles. The highest BCUT2D eigenvalue weighted by molar-refractivity contribution is 6.01. The Morgan fingerprint density at radius 3 is 2.33 bits per heavy atom. The van der Waals surface area contributed by atoms with Crippen molar-refractivity contribution in [2.45, 2.75) is 20.3 Å². The van der Waals surface area contributed by atoms with Gasteiger partial charge in [0, 0.05) is 0 Å². The fraction of sp³-hybridized carbons (Fsp3) is 0.455. The summed E-state index contributed by atoms with van der Waals surface area (Å²) in [4.78, 5) is 21.8. The molecule has 4 heteroatoms. The minimum atomic E-state index is -1.18. The Bertz CT molecular complexity index is 352. The van der Waals surface area contributed by atoms with Crippen molar-refractivity contribution in [3.8, 4) is 0 Å². The third kappa shape index (κ3) is 2.46. The molecule has 0 spiro atoms. The number of rotatable bonds is 2. The van der Waals surface area contributed by atoms with Crippen molar-refractivity contribution < 1.29 is 19.8 Å². The third-order valence-electron chi connectivity index (χ3n) is 2.80. The van der Waals surface area contributed by atoms with E-state index in [-0.39, 0.29) is 23.0 Å². The van der Waals surface area contributed by atoms with Gasteiger partial charge in [0.05, 0.1) is 11.1 Å². The molecule has 0 saturated heterocycles. The number of carboxylic acid groups (broad SMARTS) is 2. The van der Waals surface area contributed by atoms with Gasteiger partial charge in [0.2, 0.25) is 0 Å². The number of carbonyl (C=O) groups is 2. The second-order valence-electron chi connectivity index (χ2n) is 3.90. The van der Waals surface area contributed by atoms with Crippen LogP contribution >= 0.6 is 0 Å². The minimum absolute atomic E-state index is 0.00407. The second-order valence-corrected chi connectivity index (χ2v) is 3.90. The van der Waals surface area contributed by atoms with Gasteiger partial charge in [-0.05, 0) is 18.3 Å². The number of carboxylic acids is 2. The van der Waals surface area contributed by atoms with Crippen LogP contribution < -0.4 is 0 Å². The summed E-state index contributed by atoms with van der Waals surface area (Å²) in [5.74, 6) is -1.98. The lowest BCUT2D eigenvalue weighted by atomic mass is 9.91. The van der Waals surface area contributed by atoms with Crippen molar-refractivity contribution in [2.24, 2.45) is 11.8 Å². The summed E-state index contributed by atoms with van der Waals surface area (Å²) in [6, 6.07) is 0. The van der Waals surface area contributed by atoms with Crippen LogP contribution in [-0.4, -0.2) is 22.2 Å². The van der Waals surface area contributed by atoms with E-state index in [1.807, 2.05) is 13.8 Å². The molecule has 0 fully saturated rings. The van der Waals surface area contributed by atoms with Crippen molar-refractivity contribution in [2.75, 3.05) is 0 Å². The number of aliphatic carboxylic acids is 2. The molecule has 2 N–H and O–H groups in total. The van der Waals surface area contributed by atoms with Crippen LogP contribution in [0.1, 0.15) is 20.3 Å². The van der Waals surface area contributed by atoms with Crippen molar-refractivity contribution >= 4 is 11.9 Å². The molecule has 82 valence electrons. The Balaban J connectivity index is 3.18. The van der Waals surface area contributed by atoms with Gasteiger partial charge < -0.3 is 10.2 Å². The molecule has 0 radical (unpaired) electrons. The summed E-state index contributed by atoms with van der Waals surface area (Å²) in [6.07, 6.45) is 3.45. The third-order valence-corrected chi connectivity index (χ3v) is 2.80. The summed E-state index contributed by atoms with van der Waals surface area (Å²) >= 11 is 0. The molecule has 15 heavy (non-hydrogen) atoms. The molecule has 0 aromatic carbocycles. The minimum Gasteiger partial charge on any atom is -0.478 e. The molecule has 0 heterocycles. The highest BCUT2D eigenvalue weighted by Crippen LogP contribution is 2.27. The van der Waals surface area contributed by atoms with E-state index in [1.165, 1.54) is 6.08 Å². The van der Waals surface area contributed by atoms with Gasteiger partial charge in [-0.2, -0.15) is 0 Å². The fourth-order valence-electron chi connectivity index (χ4n) is 1.56. The zero-order chi connectivity index (χ0) is 11.6. The zero-order valence-corrected chi connectivity index (χ0v) is 8.73. The number of allylic oxidation sites excluding steroid dienone is 1. The Kier molecular flexibility index (Phi) is 3.29. The first-order valence-corrected chi connectivity index (χ1v) is 4.81. The fourth-order valence-corrected chi connectivity index (χ4v) is 1.56. The first-order valence-electron chi connectivity index (χ1n) is 4.81. The summed E-state index contributed by atoms with van der Waals surface area (Å²) in [5.41, 5.74) is -0.102. The zero-order valence-electron chi connectivity index (χ0n) is 8.73. The van der Waals surface area contributed by atoms with Gasteiger partial charge in [0.1, 0.15) is 0 Å². The average Bonchev–Trinajstić information content (AvgIpc) is 2.27. The van der Waals surface area contributed by atoms with Crippen LogP contribution in [0.15, 0.2) is 23.3 Å². The van der Waals surface area contributed by atoms with E-state index >= 15 is 0 Å². The summed E-state index contributed by atoms with van der Waals surface area (Å²) < 4.78 is 0. The molecule has 4 nitrogen and oxygen atoms in total. The highest BCUT2D eigenvalue weighted by atomic mass is 16.4. The van der Waals surface area contributed by atoms with E-state index in [2.05, 4.69) is 0 Å². The van der Waals surface area contributed by atoms with Gasteiger partial charge in [0.15, 0.2) is 0 Å². The van der Waals surface area contributed by atoms with Crippen LogP contribution in [0.3, 0.4) is 0 Å². The molecule has 0 bridgehead atoms. The monoisotopic (exact) mass is 210 g/mol. The largest absolute Gasteiger partial charge is 0.478 e. The lowest BCUT2D eigenvalue weighted by molar-refractivity contribution is -0.135. The standard InChI is InChI=1S/C11H14O4/c1-6-3-4-8(10(12)13)9(11(14)15)5-7(6)2/h3-4,6-7H,5H2,1-2H3,(H,12,13)(H,14,15). The van der Waals surface area contributed by atoms with Crippen LogP contribution in [0, 0.1) is 11.8 Å². The lowest BCUT2D eigenvalue weighted by Gasteiger charge is -2.14. The average molecular weight is 210 g/mol. The number of hydrogen-bond donors (Lipinski definition) is 2. The second kappa shape index (κ2) is 4.29. The Hall–Kier alpha value is -1.58. The van der Waals surface area contributed by atoms with Crippen LogP contribution in [-0.2, 0) is 9.59 Å². The van der Waals surface area contributed by atoms with Crippen molar-refractivity contribution in [1.29, 1.82) is 0 Å². The summed E-state index contributed by atoms with van der Waals surface area (Å²) in [5, 5.41) is 17.8. The van der Waals surface area contributed by atoms with Crippen LogP contribution in [0.25, 0.3) is 0 Å². The quantitative estimate of drug-likeness (QED) is 0.727. The van der Waals surface area contributed by atoms with Crippen LogP contribution in [0.2, 0.25) is 0 Å². The van der Waals surface area contributed by atoms with E-state index in [0.29, 0.717) is 6.42 Å². The molecule has 2 atom stereocenters. The molecule has 0 aromatic heterocycles. The van der Waals surface area contributed by atoms with Gasteiger partial charge in [0.25, 0.3) is 0 Å².